The Bertz CT molecular complexity index is 884. The van der Waals surface area contributed by atoms with E-state index >= 15 is 0 Å². The van der Waals surface area contributed by atoms with E-state index in [0.29, 0.717) is 5.92 Å². The molecule has 1 atom stereocenters. The zero-order valence-electron chi connectivity index (χ0n) is 15.3. The Morgan fingerprint density at radius 1 is 1.11 bits per heavy atom. The summed E-state index contributed by atoms with van der Waals surface area (Å²) in [6.07, 6.45) is 1.99. The number of halogens is 2. The van der Waals surface area contributed by atoms with Gasteiger partial charge in [-0.15, -0.1) is 0 Å². The largest absolute Gasteiger partial charge is 0.444 e. The minimum absolute atomic E-state index is 0.0385. The van der Waals surface area contributed by atoms with Crippen molar-refractivity contribution in [3.05, 3.63) is 83.0 Å². The summed E-state index contributed by atoms with van der Waals surface area (Å²) in [6.45, 7) is 4.20. The Labute approximate surface area is 157 Å². The van der Waals surface area contributed by atoms with Crippen LogP contribution in [-0.4, -0.2) is 12.7 Å². The van der Waals surface area contributed by atoms with Crippen molar-refractivity contribution in [2.24, 2.45) is 5.92 Å². The second-order valence-corrected chi connectivity index (χ2v) is 6.57. The zero-order chi connectivity index (χ0) is 19.4. The van der Waals surface area contributed by atoms with Crippen LogP contribution in [0.1, 0.15) is 25.8 Å². The molecule has 0 spiro atoms. The van der Waals surface area contributed by atoms with E-state index in [1.807, 2.05) is 31.2 Å². The summed E-state index contributed by atoms with van der Waals surface area (Å²) in [7, 11) is 0. The summed E-state index contributed by atoms with van der Waals surface area (Å²) in [5.41, 5.74) is 3.81. The number of carbonyl (C=O) groups is 1. The molecular weight excluding hydrogens is 348 g/mol. The number of anilines is 1. The number of hydrogen-bond acceptors (Lipinski definition) is 2. The Morgan fingerprint density at radius 3 is 2.44 bits per heavy atom. The summed E-state index contributed by atoms with van der Waals surface area (Å²) in [4.78, 5) is 12.0. The number of hydrogen-bond donors (Lipinski definition) is 1. The van der Waals surface area contributed by atoms with Crippen LogP contribution in [0, 0.1) is 17.6 Å². The van der Waals surface area contributed by atoms with Crippen molar-refractivity contribution >= 4 is 17.4 Å². The first-order chi connectivity index (χ1) is 13.0. The van der Waals surface area contributed by atoms with Gasteiger partial charge in [-0.3, -0.25) is 5.32 Å². The second-order valence-electron chi connectivity index (χ2n) is 6.57. The van der Waals surface area contributed by atoms with Gasteiger partial charge in [-0.05, 0) is 53.7 Å². The molecule has 0 heterocycles. The molecule has 3 nitrogen and oxygen atoms in total. The van der Waals surface area contributed by atoms with Crippen molar-refractivity contribution in [3.8, 4) is 0 Å². The quantitative estimate of drug-likeness (QED) is 0.723. The van der Waals surface area contributed by atoms with E-state index in [1.165, 1.54) is 11.6 Å². The summed E-state index contributed by atoms with van der Waals surface area (Å²) >= 11 is 0. The molecule has 140 valence electrons. The highest BCUT2D eigenvalue weighted by Gasteiger charge is 2.21. The number of carbonyl (C=O) groups excluding carboxylic acids is 1. The minimum atomic E-state index is -0.896. The number of amides is 1. The Kier molecular flexibility index (Phi) is 5.69. The molecule has 1 aliphatic carbocycles. The molecule has 0 aliphatic heterocycles. The van der Waals surface area contributed by atoms with Crippen molar-refractivity contribution in [1.82, 2.24) is 0 Å². The highest BCUT2D eigenvalue weighted by atomic mass is 19.1. The van der Waals surface area contributed by atoms with Gasteiger partial charge in [-0.1, -0.05) is 49.4 Å². The van der Waals surface area contributed by atoms with Crippen LogP contribution in [0.3, 0.4) is 0 Å². The molecule has 0 fully saturated rings. The minimum Gasteiger partial charge on any atom is -0.444 e. The van der Waals surface area contributed by atoms with Crippen LogP contribution in [-0.2, 0) is 4.74 Å². The van der Waals surface area contributed by atoms with Gasteiger partial charge < -0.3 is 4.74 Å². The number of ether oxygens (including phenoxy) is 1. The fourth-order valence-electron chi connectivity index (χ4n) is 3.32. The van der Waals surface area contributed by atoms with Crippen LogP contribution in [0.25, 0.3) is 5.57 Å². The van der Waals surface area contributed by atoms with Crippen molar-refractivity contribution in [3.63, 3.8) is 0 Å². The van der Waals surface area contributed by atoms with Gasteiger partial charge in [0.2, 0.25) is 0 Å². The molecule has 3 rings (SSSR count). The Balaban J connectivity index is 1.70. The lowest BCUT2D eigenvalue weighted by molar-refractivity contribution is 0.171. The van der Waals surface area contributed by atoms with Crippen molar-refractivity contribution in [2.75, 3.05) is 11.9 Å². The maximum absolute atomic E-state index is 13.6. The third-order valence-electron chi connectivity index (χ3n) is 4.73. The summed E-state index contributed by atoms with van der Waals surface area (Å²) < 4.78 is 32.4. The van der Waals surface area contributed by atoms with Gasteiger partial charge in [0.15, 0.2) is 0 Å². The maximum Gasteiger partial charge on any atom is 0.412 e. The van der Waals surface area contributed by atoms with Gasteiger partial charge in [-0.25, -0.2) is 13.6 Å². The first-order valence-corrected chi connectivity index (χ1v) is 8.80. The molecule has 1 aliphatic rings. The molecule has 5 heteroatoms. The predicted octanol–water partition coefficient (Wildman–Crippen LogP) is 5.95. The molecule has 2 aromatic rings. The zero-order valence-corrected chi connectivity index (χ0v) is 15.3. The van der Waals surface area contributed by atoms with E-state index in [4.69, 9.17) is 4.74 Å². The number of nitrogens with one attached hydrogen (secondary N) is 1. The highest BCUT2D eigenvalue weighted by Crippen LogP contribution is 2.36. The van der Waals surface area contributed by atoms with Gasteiger partial charge >= 0.3 is 6.09 Å². The Hall–Kier alpha value is -2.95. The average molecular weight is 369 g/mol. The number of para-hydroxylation sites is 1. The van der Waals surface area contributed by atoms with Crippen LogP contribution >= 0.6 is 0 Å². The Morgan fingerprint density at radius 2 is 1.78 bits per heavy atom. The molecule has 0 radical (unpaired) electrons. The number of rotatable bonds is 4. The van der Waals surface area contributed by atoms with Crippen LogP contribution in [0.15, 0.2) is 65.8 Å². The van der Waals surface area contributed by atoms with Gasteiger partial charge in [0, 0.05) is 0 Å². The van der Waals surface area contributed by atoms with E-state index < -0.39 is 23.4 Å². The number of allylic oxidation sites excluding steroid dienone is 2. The third kappa shape index (κ3) is 4.25. The molecule has 0 aromatic heterocycles. The number of benzene rings is 2. The first-order valence-electron chi connectivity index (χ1n) is 8.80. The third-order valence-corrected chi connectivity index (χ3v) is 4.73. The fraction of sp³-hybridized carbons (Fsp3) is 0.227. The van der Waals surface area contributed by atoms with Crippen molar-refractivity contribution < 1.29 is 18.3 Å². The first kappa shape index (κ1) is 18.8. The maximum atomic E-state index is 13.6. The molecular formula is C22H21F2NO2. The van der Waals surface area contributed by atoms with E-state index in [-0.39, 0.29) is 6.61 Å². The molecule has 0 saturated heterocycles. The monoisotopic (exact) mass is 369 g/mol. The molecule has 2 aromatic carbocycles. The molecule has 1 unspecified atom stereocenters. The van der Waals surface area contributed by atoms with Crippen molar-refractivity contribution in [1.29, 1.82) is 0 Å². The van der Waals surface area contributed by atoms with Gasteiger partial charge in [-0.2, -0.15) is 0 Å². The molecule has 1 amide bonds. The lowest BCUT2D eigenvalue weighted by atomic mass is 9.81. The van der Waals surface area contributed by atoms with Crippen LogP contribution < -0.4 is 5.32 Å². The molecule has 0 bridgehead atoms. The van der Waals surface area contributed by atoms with E-state index in [0.717, 1.165) is 35.3 Å². The smallest absolute Gasteiger partial charge is 0.412 e. The van der Waals surface area contributed by atoms with Gasteiger partial charge in [0.1, 0.15) is 23.9 Å². The molecule has 1 N–H and O–H groups in total. The topological polar surface area (TPSA) is 38.3 Å². The van der Waals surface area contributed by atoms with E-state index in [1.54, 1.807) is 0 Å². The SMILES string of the molecule is CC1=C(c2ccccc2)C(C)CC=C1COC(=O)Nc1c(F)cccc1F. The summed E-state index contributed by atoms with van der Waals surface area (Å²) in [5, 5.41) is 2.13. The standard InChI is InChI=1S/C22H21F2NO2/c1-14-11-12-17(15(2)20(14)16-7-4-3-5-8-16)13-27-22(26)25-21-18(23)9-6-10-19(21)24/h3-10,12,14H,11,13H2,1-2H3,(H,25,26). The lowest BCUT2D eigenvalue weighted by Gasteiger charge is -2.25. The predicted molar refractivity (Wildman–Crippen MR) is 102 cm³/mol. The van der Waals surface area contributed by atoms with E-state index in [2.05, 4.69) is 24.4 Å². The molecule has 0 saturated carbocycles. The normalized spacial score (nSPS) is 16.7. The van der Waals surface area contributed by atoms with Crippen LogP contribution in [0.2, 0.25) is 0 Å². The lowest BCUT2D eigenvalue weighted by Crippen LogP contribution is -2.18. The highest BCUT2D eigenvalue weighted by molar-refractivity contribution is 5.85. The summed E-state index contributed by atoms with van der Waals surface area (Å²) in [6, 6.07) is 13.5. The van der Waals surface area contributed by atoms with E-state index in [9.17, 15) is 13.6 Å². The molecule has 27 heavy (non-hydrogen) atoms. The summed E-state index contributed by atoms with van der Waals surface area (Å²) in [5.74, 6) is -1.34. The van der Waals surface area contributed by atoms with Crippen LogP contribution in [0.5, 0.6) is 0 Å². The van der Waals surface area contributed by atoms with Gasteiger partial charge in [0.25, 0.3) is 0 Å². The average Bonchev–Trinajstić information content (AvgIpc) is 2.65. The fourth-order valence-corrected chi connectivity index (χ4v) is 3.32. The van der Waals surface area contributed by atoms with Gasteiger partial charge in [0.05, 0.1) is 0 Å². The van der Waals surface area contributed by atoms with Crippen LogP contribution in [0.4, 0.5) is 19.3 Å². The second kappa shape index (κ2) is 8.16. The van der Waals surface area contributed by atoms with Crippen molar-refractivity contribution in [2.45, 2.75) is 20.3 Å².